The fourth-order valence-electron chi connectivity index (χ4n) is 3.92. The van der Waals surface area contributed by atoms with Gasteiger partial charge in [0.1, 0.15) is 11.3 Å². The molecule has 8 nitrogen and oxygen atoms in total. The molecular formula is C24H27N5O3. The van der Waals surface area contributed by atoms with E-state index in [-0.39, 0.29) is 29.8 Å². The average molecular weight is 434 g/mol. The average Bonchev–Trinajstić information content (AvgIpc) is 2.78. The predicted molar refractivity (Wildman–Crippen MR) is 121 cm³/mol. The molecule has 1 saturated heterocycles. The molecule has 32 heavy (non-hydrogen) atoms. The fraction of sp³-hybridized carbons (Fsp3) is 0.333. The van der Waals surface area contributed by atoms with Gasteiger partial charge in [-0.05, 0) is 37.5 Å². The lowest BCUT2D eigenvalue weighted by atomic mass is 9.82. The highest BCUT2D eigenvalue weighted by atomic mass is 16.5. The zero-order valence-corrected chi connectivity index (χ0v) is 18.1. The van der Waals surface area contributed by atoms with E-state index in [9.17, 15) is 9.90 Å². The van der Waals surface area contributed by atoms with Crippen LogP contribution in [0.2, 0.25) is 0 Å². The summed E-state index contributed by atoms with van der Waals surface area (Å²) in [6, 6.07) is 10.8. The Labute approximate surface area is 186 Å². The Hall–Kier alpha value is -3.20. The van der Waals surface area contributed by atoms with Gasteiger partial charge in [-0.15, -0.1) is 0 Å². The zero-order chi connectivity index (χ0) is 22.9. The van der Waals surface area contributed by atoms with Gasteiger partial charge in [0, 0.05) is 30.4 Å². The first-order valence-electron chi connectivity index (χ1n) is 10.5. The number of hydrogen-bond donors (Lipinski definition) is 3. The highest BCUT2D eigenvalue weighted by molar-refractivity contribution is 5.99. The molecular weight excluding hydrogens is 406 g/mol. The predicted octanol–water partition coefficient (Wildman–Crippen LogP) is 2.47. The van der Waals surface area contributed by atoms with Crippen molar-refractivity contribution in [2.45, 2.75) is 50.5 Å². The fourth-order valence-corrected chi connectivity index (χ4v) is 3.92. The van der Waals surface area contributed by atoms with Crippen LogP contribution in [0.3, 0.4) is 0 Å². The lowest BCUT2D eigenvalue weighted by molar-refractivity contribution is -0.171. The molecule has 3 heterocycles. The quantitative estimate of drug-likeness (QED) is 0.522. The summed E-state index contributed by atoms with van der Waals surface area (Å²) in [5.74, 6) is -0.178. The number of nitrogens with zero attached hydrogens (tertiary/aromatic N) is 3. The van der Waals surface area contributed by atoms with E-state index in [1.54, 1.807) is 32.4 Å². The molecule has 1 aliphatic rings. The van der Waals surface area contributed by atoms with Crippen molar-refractivity contribution >= 4 is 11.6 Å². The van der Waals surface area contributed by atoms with Gasteiger partial charge in [-0.1, -0.05) is 30.3 Å². The van der Waals surface area contributed by atoms with E-state index in [4.69, 9.17) is 16.2 Å². The standard InChI is InChI=1S/C24H27N5O3/c1-14-24(2,31)21(25)11-20(32-14)17-8-9-27-12-16(17)10-19(30)22-23(26)28-13-18(29-22)15-6-4-3-5-7-15/h3-9,12-14,20-21,31H,10-11,25H2,1-2H3,(H2,26,28)/t14-,20-,21-,24-/m0/s1. The molecule has 2 aromatic heterocycles. The number of anilines is 1. The van der Waals surface area contributed by atoms with Crippen LogP contribution in [0.25, 0.3) is 11.3 Å². The lowest BCUT2D eigenvalue weighted by Crippen LogP contribution is -2.58. The molecule has 0 radical (unpaired) electrons. The SMILES string of the molecule is C[C@@H]1O[C@H](c2ccncc2CC(=O)c2nc(-c3ccccc3)cnc2N)C[C@H](N)[C@@]1(C)O. The van der Waals surface area contributed by atoms with E-state index in [0.717, 1.165) is 11.1 Å². The molecule has 0 bridgehead atoms. The van der Waals surface area contributed by atoms with E-state index in [1.807, 2.05) is 36.4 Å². The summed E-state index contributed by atoms with van der Waals surface area (Å²) < 4.78 is 6.06. The third-order valence-corrected chi connectivity index (χ3v) is 6.18. The number of ketones is 1. The van der Waals surface area contributed by atoms with Crippen LogP contribution in [0, 0.1) is 0 Å². The van der Waals surface area contributed by atoms with Crippen molar-refractivity contribution in [1.29, 1.82) is 0 Å². The zero-order valence-electron chi connectivity index (χ0n) is 18.1. The van der Waals surface area contributed by atoms with Gasteiger partial charge in [-0.25, -0.2) is 9.97 Å². The number of nitrogen functional groups attached to an aromatic ring is 1. The highest BCUT2D eigenvalue weighted by Crippen LogP contribution is 2.37. The van der Waals surface area contributed by atoms with Crippen molar-refractivity contribution in [2.75, 3.05) is 5.73 Å². The second-order valence-electron chi connectivity index (χ2n) is 8.36. The molecule has 5 N–H and O–H groups in total. The van der Waals surface area contributed by atoms with Crippen molar-refractivity contribution in [3.05, 3.63) is 71.8 Å². The summed E-state index contributed by atoms with van der Waals surface area (Å²) in [7, 11) is 0. The van der Waals surface area contributed by atoms with Crippen LogP contribution < -0.4 is 11.5 Å². The number of Topliss-reactive ketones (excluding diaryl/α,β-unsaturated/α-hetero) is 1. The summed E-state index contributed by atoms with van der Waals surface area (Å²) in [6.07, 6.45) is 4.50. The van der Waals surface area contributed by atoms with Gasteiger partial charge in [-0.3, -0.25) is 9.78 Å². The van der Waals surface area contributed by atoms with E-state index >= 15 is 0 Å². The van der Waals surface area contributed by atoms with E-state index in [1.165, 1.54) is 0 Å². The van der Waals surface area contributed by atoms with Gasteiger partial charge < -0.3 is 21.3 Å². The van der Waals surface area contributed by atoms with E-state index in [0.29, 0.717) is 17.7 Å². The number of ether oxygens (including phenoxy) is 1. The van der Waals surface area contributed by atoms with Crippen molar-refractivity contribution in [3.8, 4) is 11.3 Å². The first kappa shape index (κ1) is 22.0. The van der Waals surface area contributed by atoms with Gasteiger partial charge in [0.25, 0.3) is 0 Å². The molecule has 0 saturated carbocycles. The number of pyridine rings is 1. The monoisotopic (exact) mass is 433 g/mol. The minimum atomic E-state index is -1.12. The maximum Gasteiger partial charge on any atom is 0.189 e. The summed E-state index contributed by atoms with van der Waals surface area (Å²) in [5.41, 5.74) is 14.2. The van der Waals surface area contributed by atoms with Crippen LogP contribution in [-0.2, 0) is 11.2 Å². The Morgan fingerprint density at radius 3 is 2.72 bits per heavy atom. The number of nitrogens with two attached hydrogens (primary N) is 2. The first-order chi connectivity index (χ1) is 15.3. The Morgan fingerprint density at radius 2 is 2.00 bits per heavy atom. The van der Waals surface area contributed by atoms with Gasteiger partial charge in [0.2, 0.25) is 0 Å². The summed E-state index contributed by atoms with van der Waals surface area (Å²) in [4.78, 5) is 26.0. The normalized spacial score (nSPS) is 25.4. The second-order valence-corrected chi connectivity index (χ2v) is 8.36. The number of aromatic nitrogens is 3. The van der Waals surface area contributed by atoms with Crippen LogP contribution in [-0.4, -0.2) is 43.6 Å². The van der Waals surface area contributed by atoms with Crippen molar-refractivity contribution in [1.82, 2.24) is 15.0 Å². The minimum absolute atomic E-state index is 0.0418. The Kier molecular flexibility index (Phi) is 6.01. The molecule has 0 spiro atoms. The van der Waals surface area contributed by atoms with Crippen LogP contribution in [0.4, 0.5) is 5.82 Å². The molecule has 1 fully saturated rings. The molecule has 166 valence electrons. The summed E-state index contributed by atoms with van der Waals surface area (Å²) in [5, 5.41) is 10.5. The smallest absolute Gasteiger partial charge is 0.189 e. The number of carbonyl (C=O) groups excluding carboxylic acids is 1. The highest BCUT2D eigenvalue weighted by Gasteiger charge is 2.43. The molecule has 4 atom stereocenters. The first-order valence-corrected chi connectivity index (χ1v) is 10.5. The number of hydrogen-bond acceptors (Lipinski definition) is 8. The maximum atomic E-state index is 13.2. The van der Waals surface area contributed by atoms with Crippen LogP contribution in [0.1, 0.15) is 48.0 Å². The van der Waals surface area contributed by atoms with Crippen LogP contribution in [0.15, 0.2) is 55.0 Å². The van der Waals surface area contributed by atoms with E-state index < -0.39 is 17.7 Å². The van der Waals surface area contributed by atoms with Gasteiger partial charge >= 0.3 is 0 Å². The lowest BCUT2D eigenvalue weighted by Gasteiger charge is -2.44. The van der Waals surface area contributed by atoms with E-state index in [2.05, 4.69) is 15.0 Å². The Balaban J connectivity index is 1.61. The molecule has 0 aliphatic carbocycles. The topological polar surface area (TPSA) is 137 Å². The molecule has 0 unspecified atom stereocenters. The number of carbonyl (C=O) groups is 1. The minimum Gasteiger partial charge on any atom is -0.386 e. The van der Waals surface area contributed by atoms with Gasteiger partial charge in [0.05, 0.1) is 24.1 Å². The second kappa shape index (κ2) is 8.74. The molecule has 3 aromatic rings. The Bertz CT molecular complexity index is 1110. The number of rotatable bonds is 5. The van der Waals surface area contributed by atoms with Gasteiger partial charge in [0.15, 0.2) is 11.6 Å². The summed E-state index contributed by atoms with van der Waals surface area (Å²) in [6.45, 7) is 3.47. The largest absolute Gasteiger partial charge is 0.386 e. The molecule has 0 amide bonds. The van der Waals surface area contributed by atoms with Gasteiger partial charge in [-0.2, -0.15) is 0 Å². The Morgan fingerprint density at radius 1 is 1.25 bits per heavy atom. The number of benzene rings is 1. The van der Waals surface area contributed by atoms with Crippen molar-refractivity contribution in [2.24, 2.45) is 5.73 Å². The molecule has 8 heteroatoms. The third kappa shape index (κ3) is 4.25. The summed E-state index contributed by atoms with van der Waals surface area (Å²) >= 11 is 0. The number of aliphatic hydroxyl groups is 1. The molecule has 1 aliphatic heterocycles. The van der Waals surface area contributed by atoms with Crippen LogP contribution in [0.5, 0.6) is 0 Å². The third-order valence-electron chi connectivity index (χ3n) is 6.18. The maximum absolute atomic E-state index is 13.2. The van der Waals surface area contributed by atoms with Crippen molar-refractivity contribution < 1.29 is 14.6 Å². The molecule has 1 aromatic carbocycles. The van der Waals surface area contributed by atoms with Crippen LogP contribution >= 0.6 is 0 Å². The van der Waals surface area contributed by atoms with Crippen molar-refractivity contribution in [3.63, 3.8) is 0 Å². The molecule has 4 rings (SSSR count).